The summed E-state index contributed by atoms with van der Waals surface area (Å²) in [5.74, 6) is -0.160. The summed E-state index contributed by atoms with van der Waals surface area (Å²) in [5.41, 5.74) is 2.96. The van der Waals surface area contributed by atoms with Crippen LogP contribution in [0.25, 0.3) is 11.3 Å². The summed E-state index contributed by atoms with van der Waals surface area (Å²) in [7, 11) is 0. The lowest BCUT2D eigenvalue weighted by Gasteiger charge is -2.11. The van der Waals surface area contributed by atoms with Crippen molar-refractivity contribution in [1.82, 2.24) is 15.3 Å². The van der Waals surface area contributed by atoms with Gasteiger partial charge in [0.05, 0.1) is 18.2 Å². The normalized spacial score (nSPS) is 11.9. The first kappa shape index (κ1) is 15.4. The van der Waals surface area contributed by atoms with Crippen LogP contribution in [0, 0.1) is 0 Å². The van der Waals surface area contributed by atoms with Gasteiger partial charge in [0.1, 0.15) is 5.01 Å². The first-order valence-corrected chi connectivity index (χ1v) is 8.29. The van der Waals surface area contributed by atoms with Gasteiger partial charge >= 0.3 is 0 Å². The van der Waals surface area contributed by atoms with Gasteiger partial charge in [-0.05, 0) is 24.6 Å². The van der Waals surface area contributed by atoms with Gasteiger partial charge in [-0.15, -0.1) is 11.3 Å². The number of nitrogens with one attached hydrogen (secondary N) is 1. The molecule has 0 aliphatic rings. The van der Waals surface area contributed by atoms with Gasteiger partial charge in [-0.1, -0.05) is 30.3 Å². The van der Waals surface area contributed by atoms with Crippen molar-refractivity contribution in [2.24, 2.45) is 0 Å². The summed E-state index contributed by atoms with van der Waals surface area (Å²) in [5, 5.41) is 5.85. The van der Waals surface area contributed by atoms with Gasteiger partial charge < -0.3 is 5.32 Å². The third-order valence-corrected chi connectivity index (χ3v) is 4.48. The second-order valence-corrected chi connectivity index (χ2v) is 6.16. The predicted octanol–water partition coefficient (Wildman–Crippen LogP) is 3.63. The second-order valence-electron chi connectivity index (χ2n) is 5.21. The van der Waals surface area contributed by atoms with Gasteiger partial charge in [0, 0.05) is 23.3 Å². The molecule has 0 saturated carbocycles. The molecule has 1 N–H and O–H groups in total. The van der Waals surface area contributed by atoms with Crippen LogP contribution in [0.4, 0.5) is 0 Å². The predicted molar refractivity (Wildman–Crippen MR) is 92.0 cm³/mol. The Balaban J connectivity index is 1.61. The van der Waals surface area contributed by atoms with Crippen LogP contribution >= 0.6 is 11.3 Å². The average Bonchev–Trinajstić information content (AvgIpc) is 3.09. The van der Waals surface area contributed by atoms with E-state index in [1.54, 1.807) is 23.7 Å². The molecule has 3 rings (SSSR count). The SMILES string of the molecule is C[C@@H](C(=O)NCc1nc(-c2ccncc2)cs1)c1ccccc1. The maximum Gasteiger partial charge on any atom is 0.227 e. The number of amides is 1. The summed E-state index contributed by atoms with van der Waals surface area (Å²) in [4.78, 5) is 20.8. The molecule has 5 heteroatoms. The summed E-state index contributed by atoms with van der Waals surface area (Å²) in [6, 6.07) is 13.6. The summed E-state index contributed by atoms with van der Waals surface area (Å²) in [6.07, 6.45) is 3.50. The Hall–Kier alpha value is -2.53. The van der Waals surface area contributed by atoms with Crippen LogP contribution in [0.2, 0.25) is 0 Å². The Kier molecular flexibility index (Phi) is 4.78. The summed E-state index contributed by atoms with van der Waals surface area (Å²) < 4.78 is 0. The Labute approximate surface area is 139 Å². The Bertz CT molecular complexity index is 771. The van der Waals surface area contributed by atoms with Crippen molar-refractivity contribution in [3.05, 3.63) is 70.8 Å². The van der Waals surface area contributed by atoms with E-state index in [4.69, 9.17) is 0 Å². The maximum absolute atomic E-state index is 12.3. The van der Waals surface area contributed by atoms with Crippen LogP contribution in [0.5, 0.6) is 0 Å². The molecular formula is C18H17N3OS. The van der Waals surface area contributed by atoms with E-state index >= 15 is 0 Å². The number of rotatable bonds is 5. The van der Waals surface area contributed by atoms with Crippen LogP contribution in [0.15, 0.2) is 60.2 Å². The number of pyridine rings is 1. The van der Waals surface area contributed by atoms with E-state index in [1.165, 1.54) is 0 Å². The van der Waals surface area contributed by atoms with E-state index in [9.17, 15) is 4.79 Å². The molecule has 3 aromatic rings. The first-order chi connectivity index (χ1) is 11.2. The number of benzene rings is 1. The largest absolute Gasteiger partial charge is 0.349 e. The highest BCUT2D eigenvalue weighted by molar-refractivity contribution is 7.09. The molecule has 1 aromatic carbocycles. The topological polar surface area (TPSA) is 54.9 Å². The molecule has 2 heterocycles. The minimum atomic E-state index is -0.171. The van der Waals surface area contributed by atoms with Crippen molar-refractivity contribution in [2.45, 2.75) is 19.4 Å². The zero-order valence-electron chi connectivity index (χ0n) is 12.8. The minimum absolute atomic E-state index is 0.0110. The molecule has 116 valence electrons. The van der Waals surface area contributed by atoms with Crippen molar-refractivity contribution in [3.63, 3.8) is 0 Å². The fraction of sp³-hybridized carbons (Fsp3) is 0.167. The monoisotopic (exact) mass is 323 g/mol. The zero-order chi connectivity index (χ0) is 16.1. The molecule has 0 fully saturated rings. The highest BCUT2D eigenvalue weighted by Gasteiger charge is 2.15. The number of carbonyl (C=O) groups excluding carboxylic acids is 1. The Morgan fingerprint density at radius 3 is 2.65 bits per heavy atom. The molecule has 1 amide bonds. The van der Waals surface area contributed by atoms with Gasteiger partial charge in [0.25, 0.3) is 0 Å². The molecule has 0 saturated heterocycles. The summed E-state index contributed by atoms with van der Waals surface area (Å²) in [6.45, 7) is 2.36. The van der Waals surface area contributed by atoms with E-state index in [2.05, 4.69) is 15.3 Å². The minimum Gasteiger partial charge on any atom is -0.349 e. The molecule has 4 nitrogen and oxygen atoms in total. The molecule has 2 aromatic heterocycles. The van der Waals surface area contributed by atoms with E-state index in [-0.39, 0.29) is 11.8 Å². The van der Waals surface area contributed by atoms with Crippen LogP contribution in [-0.4, -0.2) is 15.9 Å². The Morgan fingerprint density at radius 2 is 1.91 bits per heavy atom. The van der Waals surface area contributed by atoms with Crippen molar-refractivity contribution < 1.29 is 4.79 Å². The lowest BCUT2D eigenvalue weighted by Crippen LogP contribution is -2.27. The second kappa shape index (κ2) is 7.15. The molecule has 23 heavy (non-hydrogen) atoms. The van der Waals surface area contributed by atoms with Crippen molar-refractivity contribution >= 4 is 17.2 Å². The third kappa shape index (κ3) is 3.81. The Morgan fingerprint density at radius 1 is 1.17 bits per heavy atom. The lowest BCUT2D eigenvalue weighted by molar-refractivity contribution is -0.122. The number of aromatic nitrogens is 2. The molecule has 1 atom stereocenters. The van der Waals surface area contributed by atoms with Gasteiger partial charge in [0.2, 0.25) is 5.91 Å². The van der Waals surface area contributed by atoms with E-state index in [0.29, 0.717) is 6.54 Å². The first-order valence-electron chi connectivity index (χ1n) is 7.41. The average molecular weight is 323 g/mol. The number of nitrogens with zero attached hydrogens (tertiary/aromatic N) is 2. The maximum atomic E-state index is 12.3. The van der Waals surface area contributed by atoms with Gasteiger partial charge in [-0.2, -0.15) is 0 Å². The fourth-order valence-corrected chi connectivity index (χ4v) is 3.00. The molecule has 0 spiro atoms. The van der Waals surface area contributed by atoms with Crippen LogP contribution in [0.3, 0.4) is 0 Å². The van der Waals surface area contributed by atoms with Gasteiger partial charge in [-0.3, -0.25) is 9.78 Å². The van der Waals surface area contributed by atoms with Gasteiger partial charge in [0.15, 0.2) is 0 Å². The van der Waals surface area contributed by atoms with Crippen molar-refractivity contribution in [1.29, 1.82) is 0 Å². The lowest BCUT2D eigenvalue weighted by atomic mass is 10.0. The van der Waals surface area contributed by atoms with Crippen molar-refractivity contribution in [2.75, 3.05) is 0 Å². The van der Waals surface area contributed by atoms with Crippen LogP contribution in [-0.2, 0) is 11.3 Å². The standard InChI is InChI=1S/C18H17N3OS/c1-13(14-5-3-2-4-6-14)18(22)20-11-17-21-16(12-23-17)15-7-9-19-10-8-15/h2-10,12-13H,11H2,1H3,(H,20,22)/t13-/m1/s1. The fourth-order valence-electron chi connectivity index (χ4n) is 2.26. The highest BCUT2D eigenvalue weighted by atomic mass is 32.1. The quantitative estimate of drug-likeness (QED) is 0.780. The van der Waals surface area contributed by atoms with E-state index < -0.39 is 0 Å². The molecule has 0 radical (unpaired) electrons. The van der Waals surface area contributed by atoms with Crippen molar-refractivity contribution in [3.8, 4) is 11.3 Å². The van der Waals surface area contributed by atoms with Crippen LogP contribution < -0.4 is 5.32 Å². The molecule has 0 unspecified atom stereocenters. The number of carbonyl (C=O) groups is 1. The van der Waals surface area contributed by atoms with Gasteiger partial charge in [-0.25, -0.2) is 4.98 Å². The van der Waals surface area contributed by atoms with E-state index in [1.807, 2.05) is 54.8 Å². The molecule has 0 bridgehead atoms. The zero-order valence-corrected chi connectivity index (χ0v) is 13.6. The number of thiazole rings is 1. The molecular weight excluding hydrogens is 306 g/mol. The third-order valence-electron chi connectivity index (χ3n) is 3.63. The smallest absolute Gasteiger partial charge is 0.227 e. The highest BCUT2D eigenvalue weighted by Crippen LogP contribution is 2.21. The number of hydrogen-bond acceptors (Lipinski definition) is 4. The molecule has 0 aliphatic carbocycles. The number of hydrogen-bond donors (Lipinski definition) is 1. The van der Waals surface area contributed by atoms with E-state index in [0.717, 1.165) is 21.8 Å². The molecule has 0 aliphatic heterocycles. The summed E-state index contributed by atoms with van der Waals surface area (Å²) >= 11 is 1.55. The van der Waals surface area contributed by atoms with Crippen LogP contribution in [0.1, 0.15) is 23.4 Å².